The Balaban J connectivity index is 1.65. The van der Waals surface area contributed by atoms with E-state index in [1.807, 2.05) is 13.3 Å². The maximum absolute atomic E-state index is 4.23. The van der Waals surface area contributed by atoms with Crippen LogP contribution in [0, 0.1) is 6.92 Å². The first-order chi connectivity index (χ1) is 7.34. The number of aryl methyl sites for hydroxylation is 2. The SMILES string of the molecule is Cc1cn(CCC[C@H]2CCCCN2)cn1. The quantitative estimate of drug-likeness (QED) is 0.819. The summed E-state index contributed by atoms with van der Waals surface area (Å²) in [7, 11) is 0. The lowest BCUT2D eigenvalue weighted by atomic mass is 10.0. The Kier molecular flexibility index (Phi) is 3.78. The lowest BCUT2D eigenvalue weighted by Gasteiger charge is -2.23. The molecule has 2 rings (SSSR count). The Morgan fingerprint density at radius 1 is 1.53 bits per heavy atom. The number of rotatable bonds is 4. The van der Waals surface area contributed by atoms with Crippen molar-refractivity contribution in [2.75, 3.05) is 6.54 Å². The molecule has 3 heteroatoms. The minimum atomic E-state index is 0.767. The Morgan fingerprint density at radius 3 is 3.13 bits per heavy atom. The van der Waals surface area contributed by atoms with Gasteiger partial charge in [0.15, 0.2) is 0 Å². The molecule has 0 spiro atoms. The fourth-order valence-corrected chi connectivity index (χ4v) is 2.28. The van der Waals surface area contributed by atoms with Gasteiger partial charge in [-0.2, -0.15) is 0 Å². The fraction of sp³-hybridized carbons (Fsp3) is 0.750. The Bertz CT molecular complexity index is 287. The standard InChI is InChI=1S/C12H21N3/c1-11-9-15(10-14-11)8-4-6-12-5-2-3-7-13-12/h9-10,12-13H,2-8H2,1H3/t12-/m1/s1. The first-order valence-corrected chi connectivity index (χ1v) is 6.06. The lowest BCUT2D eigenvalue weighted by Crippen LogP contribution is -2.33. The molecule has 2 heterocycles. The molecule has 1 aromatic rings. The number of nitrogens with one attached hydrogen (secondary N) is 1. The van der Waals surface area contributed by atoms with Gasteiger partial charge in [-0.1, -0.05) is 6.42 Å². The molecule has 1 saturated heterocycles. The van der Waals surface area contributed by atoms with E-state index in [1.54, 1.807) is 0 Å². The second kappa shape index (κ2) is 5.31. The molecule has 0 amide bonds. The molecule has 0 aromatic carbocycles. The number of hydrogen-bond acceptors (Lipinski definition) is 2. The molecule has 1 atom stereocenters. The van der Waals surface area contributed by atoms with Gasteiger partial charge in [0.2, 0.25) is 0 Å². The Morgan fingerprint density at radius 2 is 2.47 bits per heavy atom. The van der Waals surface area contributed by atoms with Crippen molar-refractivity contribution in [3.05, 3.63) is 18.2 Å². The molecule has 1 fully saturated rings. The summed E-state index contributed by atoms with van der Waals surface area (Å²) < 4.78 is 2.19. The highest BCUT2D eigenvalue weighted by molar-refractivity contribution is 4.91. The van der Waals surface area contributed by atoms with E-state index in [1.165, 1.54) is 38.6 Å². The van der Waals surface area contributed by atoms with Crippen molar-refractivity contribution in [3.8, 4) is 0 Å². The van der Waals surface area contributed by atoms with Crippen molar-refractivity contribution in [2.45, 2.75) is 51.6 Å². The zero-order valence-corrected chi connectivity index (χ0v) is 9.58. The molecule has 0 unspecified atom stereocenters. The average molecular weight is 207 g/mol. The lowest BCUT2D eigenvalue weighted by molar-refractivity contribution is 0.368. The zero-order valence-electron chi connectivity index (χ0n) is 9.58. The summed E-state index contributed by atoms with van der Waals surface area (Å²) in [5.74, 6) is 0. The summed E-state index contributed by atoms with van der Waals surface area (Å²) in [4.78, 5) is 4.23. The summed E-state index contributed by atoms with van der Waals surface area (Å²) in [6.45, 7) is 4.37. The molecule has 0 radical (unpaired) electrons. The molecule has 1 aliphatic rings. The maximum atomic E-state index is 4.23. The highest BCUT2D eigenvalue weighted by Gasteiger charge is 2.11. The van der Waals surface area contributed by atoms with Crippen LogP contribution in [0.5, 0.6) is 0 Å². The third kappa shape index (κ3) is 3.34. The minimum Gasteiger partial charge on any atom is -0.337 e. The molecule has 0 saturated carbocycles. The van der Waals surface area contributed by atoms with Crippen molar-refractivity contribution in [3.63, 3.8) is 0 Å². The smallest absolute Gasteiger partial charge is 0.0949 e. The van der Waals surface area contributed by atoms with Crippen LogP contribution in [0.2, 0.25) is 0 Å². The third-order valence-electron chi connectivity index (χ3n) is 3.14. The van der Waals surface area contributed by atoms with E-state index in [0.29, 0.717) is 0 Å². The van der Waals surface area contributed by atoms with Gasteiger partial charge in [0, 0.05) is 18.8 Å². The normalized spacial score (nSPS) is 21.8. The second-order valence-corrected chi connectivity index (χ2v) is 4.54. The minimum absolute atomic E-state index is 0.767. The van der Waals surface area contributed by atoms with Gasteiger partial charge in [-0.25, -0.2) is 4.98 Å². The van der Waals surface area contributed by atoms with Crippen LogP contribution in [-0.2, 0) is 6.54 Å². The summed E-state index contributed by atoms with van der Waals surface area (Å²) in [5.41, 5.74) is 1.12. The van der Waals surface area contributed by atoms with Crippen LogP contribution in [0.1, 0.15) is 37.8 Å². The van der Waals surface area contributed by atoms with Crippen LogP contribution < -0.4 is 5.32 Å². The number of aromatic nitrogens is 2. The van der Waals surface area contributed by atoms with E-state index in [4.69, 9.17) is 0 Å². The molecule has 1 N–H and O–H groups in total. The number of nitrogens with zero attached hydrogens (tertiary/aromatic N) is 2. The summed E-state index contributed by atoms with van der Waals surface area (Å²) in [6, 6.07) is 0.767. The topological polar surface area (TPSA) is 29.9 Å². The third-order valence-corrected chi connectivity index (χ3v) is 3.14. The summed E-state index contributed by atoms with van der Waals surface area (Å²) in [5, 5.41) is 3.59. The van der Waals surface area contributed by atoms with Gasteiger partial charge in [-0.05, 0) is 39.2 Å². The number of piperidine rings is 1. The molecule has 3 nitrogen and oxygen atoms in total. The van der Waals surface area contributed by atoms with Gasteiger partial charge >= 0.3 is 0 Å². The van der Waals surface area contributed by atoms with Crippen molar-refractivity contribution in [2.24, 2.45) is 0 Å². The molecular formula is C12H21N3. The second-order valence-electron chi connectivity index (χ2n) is 4.54. The number of imidazole rings is 1. The molecular weight excluding hydrogens is 186 g/mol. The monoisotopic (exact) mass is 207 g/mol. The predicted molar refractivity (Wildman–Crippen MR) is 61.8 cm³/mol. The first-order valence-electron chi connectivity index (χ1n) is 6.06. The Labute approximate surface area is 91.9 Å². The number of hydrogen-bond donors (Lipinski definition) is 1. The van der Waals surface area contributed by atoms with Gasteiger partial charge in [0.1, 0.15) is 0 Å². The van der Waals surface area contributed by atoms with Crippen molar-refractivity contribution < 1.29 is 0 Å². The van der Waals surface area contributed by atoms with Gasteiger partial charge in [0.25, 0.3) is 0 Å². The largest absolute Gasteiger partial charge is 0.337 e. The van der Waals surface area contributed by atoms with Crippen LogP contribution in [0.15, 0.2) is 12.5 Å². The van der Waals surface area contributed by atoms with Gasteiger partial charge in [-0.15, -0.1) is 0 Å². The van der Waals surface area contributed by atoms with E-state index < -0.39 is 0 Å². The molecule has 15 heavy (non-hydrogen) atoms. The van der Waals surface area contributed by atoms with Crippen molar-refractivity contribution in [1.29, 1.82) is 0 Å². The maximum Gasteiger partial charge on any atom is 0.0949 e. The highest BCUT2D eigenvalue weighted by atomic mass is 15.0. The van der Waals surface area contributed by atoms with Gasteiger partial charge in [0.05, 0.1) is 12.0 Å². The summed E-state index contributed by atoms with van der Waals surface area (Å²) in [6.07, 6.45) is 10.7. The molecule has 0 bridgehead atoms. The zero-order chi connectivity index (χ0) is 10.5. The van der Waals surface area contributed by atoms with Crippen LogP contribution in [0.3, 0.4) is 0 Å². The van der Waals surface area contributed by atoms with Crippen LogP contribution in [-0.4, -0.2) is 22.1 Å². The van der Waals surface area contributed by atoms with Gasteiger partial charge < -0.3 is 9.88 Å². The molecule has 1 aromatic heterocycles. The van der Waals surface area contributed by atoms with E-state index in [9.17, 15) is 0 Å². The van der Waals surface area contributed by atoms with Crippen molar-refractivity contribution in [1.82, 2.24) is 14.9 Å². The molecule has 0 aliphatic carbocycles. The molecule has 1 aliphatic heterocycles. The van der Waals surface area contributed by atoms with E-state index in [2.05, 4.69) is 21.1 Å². The molecule has 84 valence electrons. The highest BCUT2D eigenvalue weighted by Crippen LogP contribution is 2.12. The average Bonchev–Trinajstić information content (AvgIpc) is 2.66. The van der Waals surface area contributed by atoms with E-state index in [0.717, 1.165) is 18.3 Å². The predicted octanol–water partition coefficient (Wildman–Crippen LogP) is 2.11. The first kappa shape index (κ1) is 10.7. The fourth-order valence-electron chi connectivity index (χ4n) is 2.28. The Hall–Kier alpha value is -0.830. The van der Waals surface area contributed by atoms with Crippen LogP contribution in [0.25, 0.3) is 0 Å². The van der Waals surface area contributed by atoms with Crippen molar-refractivity contribution >= 4 is 0 Å². The van der Waals surface area contributed by atoms with Crippen LogP contribution in [0.4, 0.5) is 0 Å². The summed E-state index contributed by atoms with van der Waals surface area (Å²) >= 11 is 0. The van der Waals surface area contributed by atoms with E-state index in [-0.39, 0.29) is 0 Å². The van der Waals surface area contributed by atoms with E-state index >= 15 is 0 Å². The van der Waals surface area contributed by atoms with Crippen LogP contribution >= 0.6 is 0 Å². The van der Waals surface area contributed by atoms with Gasteiger partial charge in [-0.3, -0.25) is 0 Å².